The van der Waals surface area contributed by atoms with Crippen molar-refractivity contribution in [1.29, 1.82) is 0 Å². The molecule has 0 saturated heterocycles. The van der Waals surface area contributed by atoms with Crippen LogP contribution in [0.1, 0.15) is 13.8 Å². The highest BCUT2D eigenvalue weighted by molar-refractivity contribution is 7.92. The van der Waals surface area contributed by atoms with Crippen molar-refractivity contribution >= 4 is 21.7 Å². The van der Waals surface area contributed by atoms with Crippen LogP contribution in [-0.4, -0.2) is 27.0 Å². The van der Waals surface area contributed by atoms with Gasteiger partial charge in [0.15, 0.2) is 0 Å². The van der Waals surface area contributed by atoms with E-state index in [0.29, 0.717) is 10.4 Å². The third kappa shape index (κ3) is 4.54. The largest absolute Gasteiger partial charge is 0.462 e. The first kappa shape index (κ1) is 19.8. The fraction of sp³-hybridized carbons (Fsp3) is 0.235. The third-order valence-electron chi connectivity index (χ3n) is 3.22. The van der Waals surface area contributed by atoms with E-state index in [-0.39, 0.29) is 4.90 Å². The van der Waals surface area contributed by atoms with E-state index in [4.69, 9.17) is 4.74 Å². The standard InChI is InChI=1S/C17H16F3NO4S/c1-11(2)25-17(22)10-21(16-8-5-13(19)9-15(16)20)26(23,24)14-6-3-12(18)4-7-14/h3-9,11H,10H2,1-2H3. The normalized spacial score (nSPS) is 11.5. The Morgan fingerprint density at radius 1 is 1.04 bits per heavy atom. The number of benzene rings is 2. The second kappa shape index (κ2) is 7.77. The van der Waals surface area contributed by atoms with Crippen LogP contribution in [0.15, 0.2) is 47.4 Å². The van der Waals surface area contributed by atoms with Gasteiger partial charge in [-0.1, -0.05) is 0 Å². The Balaban J connectivity index is 2.52. The number of nitrogens with zero attached hydrogens (tertiary/aromatic N) is 1. The molecule has 0 fully saturated rings. The average Bonchev–Trinajstić information content (AvgIpc) is 2.53. The number of carbonyl (C=O) groups is 1. The van der Waals surface area contributed by atoms with Gasteiger partial charge in [-0.15, -0.1) is 0 Å². The molecular formula is C17H16F3NO4S. The summed E-state index contributed by atoms with van der Waals surface area (Å²) >= 11 is 0. The van der Waals surface area contributed by atoms with E-state index in [1.807, 2.05) is 0 Å². The van der Waals surface area contributed by atoms with Gasteiger partial charge in [-0.05, 0) is 50.2 Å². The van der Waals surface area contributed by atoms with Crippen molar-refractivity contribution in [3.63, 3.8) is 0 Å². The Morgan fingerprint density at radius 2 is 1.62 bits per heavy atom. The molecule has 5 nitrogen and oxygen atoms in total. The van der Waals surface area contributed by atoms with Crippen molar-refractivity contribution in [3.8, 4) is 0 Å². The third-order valence-corrected chi connectivity index (χ3v) is 4.99. The summed E-state index contributed by atoms with van der Waals surface area (Å²) in [4.78, 5) is 11.6. The lowest BCUT2D eigenvalue weighted by atomic mass is 10.3. The van der Waals surface area contributed by atoms with Gasteiger partial charge in [0.25, 0.3) is 10.0 Å². The topological polar surface area (TPSA) is 63.7 Å². The molecule has 0 aliphatic carbocycles. The maximum atomic E-state index is 14.2. The summed E-state index contributed by atoms with van der Waals surface area (Å²) in [5.41, 5.74) is -0.531. The van der Waals surface area contributed by atoms with E-state index in [0.717, 1.165) is 36.4 Å². The molecule has 0 aromatic heterocycles. The van der Waals surface area contributed by atoms with E-state index in [1.54, 1.807) is 13.8 Å². The number of esters is 1. The molecule has 2 aromatic rings. The molecule has 0 aliphatic heterocycles. The van der Waals surface area contributed by atoms with Crippen LogP contribution in [0.4, 0.5) is 18.9 Å². The number of carbonyl (C=O) groups excluding carboxylic acids is 1. The van der Waals surface area contributed by atoms with Crippen molar-refractivity contribution in [3.05, 3.63) is 59.9 Å². The van der Waals surface area contributed by atoms with Crippen LogP contribution in [0.3, 0.4) is 0 Å². The first-order chi connectivity index (χ1) is 12.1. The first-order valence-corrected chi connectivity index (χ1v) is 8.98. The average molecular weight is 387 g/mol. The zero-order valence-electron chi connectivity index (χ0n) is 13.9. The van der Waals surface area contributed by atoms with Crippen molar-refractivity contribution in [1.82, 2.24) is 0 Å². The summed E-state index contributed by atoms with van der Waals surface area (Å²) in [6, 6.07) is 6.04. The summed E-state index contributed by atoms with van der Waals surface area (Å²) in [5.74, 6) is -3.67. The number of hydrogen-bond donors (Lipinski definition) is 0. The predicted octanol–water partition coefficient (Wildman–Crippen LogP) is 3.25. The minimum absolute atomic E-state index is 0.361. The molecule has 0 N–H and O–H groups in total. The number of rotatable bonds is 6. The van der Waals surface area contributed by atoms with E-state index in [9.17, 15) is 26.4 Å². The van der Waals surface area contributed by atoms with Gasteiger partial charge >= 0.3 is 5.97 Å². The van der Waals surface area contributed by atoms with Crippen LogP contribution in [0, 0.1) is 17.5 Å². The van der Waals surface area contributed by atoms with E-state index < -0.39 is 51.8 Å². The van der Waals surface area contributed by atoms with Crippen molar-refractivity contribution in [2.45, 2.75) is 24.8 Å². The SMILES string of the molecule is CC(C)OC(=O)CN(c1ccc(F)cc1F)S(=O)(=O)c1ccc(F)cc1. The minimum Gasteiger partial charge on any atom is -0.462 e. The highest BCUT2D eigenvalue weighted by Gasteiger charge is 2.30. The summed E-state index contributed by atoms with van der Waals surface area (Å²) < 4.78 is 71.5. The van der Waals surface area contributed by atoms with Crippen LogP contribution >= 0.6 is 0 Å². The number of sulfonamides is 1. The number of hydrogen-bond acceptors (Lipinski definition) is 4. The summed E-state index contributed by atoms with van der Waals surface area (Å²) in [5, 5.41) is 0. The zero-order valence-corrected chi connectivity index (χ0v) is 14.8. The van der Waals surface area contributed by atoms with Gasteiger partial charge in [0.2, 0.25) is 0 Å². The lowest BCUT2D eigenvalue weighted by Gasteiger charge is -2.24. The molecule has 140 valence electrons. The number of ether oxygens (including phenoxy) is 1. The minimum atomic E-state index is -4.43. The highest BCUT2D eigenvalue weighted by Crippen LogP contribution is 2.27. The molecule has 0 aliphatic rings. The fourth-order valence-corrected chi connectivity index (χ4v) is 3.55. The molecule has 2 rings (SSSR count). The second-order valence-corrected chi connectivity index (χ2v) is 7.46. The predicted molar refractivity (Wildman–Crippen MR) is 88.5 cm³/mol. The van der Waals surface area contributed by atoms with Crippen LogP contribution in [0.25, 0.3) is 0 Å². The van der Waals surface area contributed by atoms with E-state index in [1.165, 1.54) is 0 Å². The Morgan fingerprint density at radius 3 is 2.15 bits per heavy atom. The summed E-state index contributed by atoms with van der Waals surface area (Å²) in [6.45, 7) is 2.30. The number of halogens is 3. The van der Waals surface area contributed by atoms with E-state index >= 15 is 0 Å². The number of anilines is 1. The van der Waals surface area contributed by atoms with E-state index in [2.05, 4.69) is 0 Å². The molecule has 0 radical (unpaired) electrons. The molecule has 0 saturated carbocycles. The van der Waals surface area contributed by atoms with Crippen LogP contribution in [0.5, 0.6) is 0 Å². The smallest absolute Gasteiger partial charge is 0.327 e. The summed E-state index contributed by atoms with van der Waals surface area (Å²) in [6.07, 6.45) is -0.518. The molecule has 0 heterocycles. The quantitative estimate of drug-likeness (QED) is 0.714. The van der Waals surface area contributed by atoms with Gasteiger partial charge in [-0.2, -0.15) is 0 Å². The van der Waals surface area contributed by atoms with Crippen LogP contribution in [-0.2, 0) is 19.6 Å². The van der Waals surface area contributed by atoms with Gasteiger partial charge in [0, 0.05) is 6.07 Å². The Bertz CT molecular complexity index is 899. The van der Waals surface area contributed by atoms with Crippen molar-refractivity contribution in [2.24, 2.45) is 0 Å². The Hall–Kier alpha value is -2.55. The van der Waals surface area contributed by atoms with Gasteiger partial charge in [-0.3, -0.25) is 9.10 Å². The molecule has 9 heteroatoms. The van der Waals surface area contributed by atoms with Crippen LogP contribution in [0.2, 0.25) is 0 Å². The molecule has 26 heavy (non-hydrogen) atoms. The monoisotopic (exact) mass is 387 g/mol. The second-order valence-electron chi connectivity index (χ2n) is 5.60. The maximum absolute atomic E-state index is 14.2. The highest BCUT2D eigenvalue weighted by atomic mass is 32.2. The van der Waals surface area contributed by atoms with Gasteiger partial charge < -0.3 is 4.74 Å². The zero-order chi connectivity index (χ0) is 19.5. The first-order valence-electron chi connectivity index (χ1n) is 7.54. The van der Waals surface area contributed by atoms with Gasteiger partial charge in [0.05, 0.1) is 16.7 Å². The lowest BCUT2D eigenvalue weighted by molar-refractivity contribution is -0.145. The van der Waals surface area contributed by atoms with Gasteiger partial charge in [-0.25, -0.2) is 21.6 Å². The Labute approximate surface area is 149 Å². The molecule has 0 amide bonds. The van der Waals surface area contributed by atoms with Gasteiger partial charge in [0.1, 0.15) is 24.0 Å². The molecular weight excluding hydrogens is 371 g/mol. The van der Waals surface area contributed by atoms with Crippen LogP contribution < -0.4 is 4.31 Å². The molecule has 0 unspecified atom stereocenters. The van der Waals surface area contributed by atoms with Crippen molar-refractivity contribution in [2.75, 3.05) is 10.8 Å². The fourth-order valence-electron chi connectivity index (χ4n) is 2.13. The molecule has 0 spiro atoms. The van der Waals surface area contributed by atoms with Crippen molar-refractivity contribution < 1.29 is 31.1 Å². The summed E-state index contributed by atoms with van der Waals surface area (Å²) in [7, 11) is -4.43. The maximum Gasteiger partial charge on any atom is 0.327 e. The molecule has 0 atom stereocenters. The molecule has 0 bridgehead atoms. The lowest BCUT2D eigenvalue weighted by Crippen LogP contribution is -2.37. The Kier molecular flexibility index (Phi) is 5.91. The molecule has 2 aromatic carbocycles.